The minimum absolute atomic E-state index is 0.120. The Hall–Kier alpha value is -0.960. The molecule has 0 bridgehead atoms. The molecule has 1 saturated heterocycles. The number of halogens is 1. The molecule has 1 aromatic rings. The average molecular weight is 429 g/mol. The number of ether oxygens (including phenoxy) is 1. The molecule has 2 aliphatic heterocycles. The fraction of sp³-hybridized carbons (Fsp3) is 0.588. The molecule has 0 radical (unpaired) electrons. The van der Waals surface area contributed by atoms with E-state index in [1.54, 1.807) is 6.07 Å². The summed E-state index contributed by atoms with van der Waals surface area (Å²) in [6.07, 6.45) is 2.29. The van der Waals surface area contributed by atoms with E-state index < -0.39 is 10.0 Å². The molecular weight excluding hydrogens is 408 g/mol. The van der Waals surface area contributed by atoms with Gasteiger partial charge < -0.3 is 9.64 Å². The molecule has 1 unspecified atom stereocenters. The van der Waals surface area contributed by atoms with Crippen LogP contribution in [0.1, 0.15) is 35.7 Å². The van der Waals surface area contributed by atoms with E-state index in [9.17, 15) is 13.2 Å². The van der Waals surface area contributed by atoms with Crippen LogP contribution in [0.2, 0.25) is 0 Å². The Morgan fingerprint density at radius 1 is 1.24 bits per heavy atom. The largest absolute Gasteiger partial charge is 0.379 e. The van der Waals surface area contributed by atoms with E-state index in [2.05, 4.69) is 22.9 Å². The Labute approximate surface area is 156 Å². The third-order valence-corrected chi connectivity index (χ3v) is 7.73. The Balaban J connectivity index is 1.75. The summed E-state index contributed by atoms with van der Waals surface area (Å²) in [5, 5.41) is 0. The minimum Gasteiger partial charge on any atom is -0.379 e. The molecule has 1 atom stereocenters. The van der Waals surface area contributed by atoms with E-state index in [0.717, 1.165) is 18.4 Å². The molecule has 1 aliphatic carbocycles. The van der Waals surface area contributed by atoms with E-state index >= 15 is 0 Å². The molecule has 1 saturated carbocycles. The summed E-state index contributed by atoms with van der Waals surface area (Å²) in [5.74, 6) is 0.384. The molecular formula is C17H21BrN2O4S. The number of hydrogen-bond acceptors (Lipinski definition) is 4. The van der Waals surface area contributed by atoms with Gasteiger partial charge in [0, 0.05) is 30.1 Å². The highest BCUT2D eigenvalue weighted by Crippen LogP contribution is 2.40. The fourth-order valence-electron chi connectivity index (χ4n) is 3.69. The Bertz CT molecular complexity index is 816. The Morgan fingerprint density at radius 2 is 1.92 bits per heavy atom. The van der Waals surface area contributed by atoms with E-state index in [1.807, 2.05) is 11.0 Å². The van der Waals surface area contributed by atoms with Crippen molar-refractivity contribution in [2.24, 2.45) is 5.92 Å². The van der Waals surface area contributed by atoms with Gasteiger partial charge >= 0.3 is 0 Å². The van der Waals surface area contributed by atoms with E-state index in [4.69, 9.17) is 4.74 Å². The van der Waals surface area contributed by atoms with Crippen molar-refractivity contribution in [3.05, 3.63) is 27.7 Å². The molecule has 25 heavy (non-hydrogen) atoms. The fourth-order valence-corrected chi connectivity index (χ4v) is 6.01. The predicted molar refractivity (Wildman–Crippen MR) is 95.8 cm³/mol. The highest BCUT2D eigenvalue weighted by Gasteiger charge is 2.42. The lowest BCUT2D eigenvalue weighted by Gasteiger charge is -2.27. The highest BCUT2D eigenvalue weighted by molar-refractivity contribution is 9.10. The quantitative estimate of drug-likeness (QED) is 0.737. The van der Waals surface area contributed by atoms with Crippen molar-refractivity contribution in [1.82, 2.24) is 9.21 Å². The zero-order chi connectivity index (χ0) is 17.8. The van der Waals surface area contributed by atoms with Gasteiger partial charge in [0.1, 0.15) is 0 Å². The van der Waals surface area contributed by atoms with Gasteiger partial charge in [0.2, 0.25) is 10.0 Å². The molecule has 8 heteroatoms. The second-order valence-corrected chi connectivity index (χ2v) is 9.79. The number of morpholine rings is 1. The maximum absolute atomic E-state index is 13.1. The van der Waals surface area contributed by atoms with Crippen LogP contribution in [0.3, 0.4) is 0 Å². The molecule has 0 spiro atoms. The predicted octanol–water partition coefficient (Wildman–Crippen LogP) is 2.22. The molecule has 1 amide bonds. The van der Waals surface area contributed by atoms with Gasteiger partial charge in [0.25, 0.3) is 5.91 Å². The number of carbonyl (C=O) groups excluding carboxylic acids is 1. The lowest BCUT2D eigenvalue weighted by molar-refractivity contribution is 0.0692. The van der Waals surface area contributed by atoms with Crippen molar-refractivity contribution in [3.8, 4) is 0 Å². The number of amides is 1. The van der Waals surface area contributed by atoms with Crippen molar-refractivity contribution >= 4 is 31.9 Å². The monoisotopic (exact) mass is 428 g/mol. The molecule has 4 rings (SSSR count). The summed E-state index contributed by atoms with van der Waals surface area (Å²) >= 11 is 3.41. The van der Waals surface area contributed by atoms with Gasteiger partial charge in [-0.3, -0.25) is 4.79 Å². The highest BCUT2D eigenvalue weighted by atomic mass is 79.9. The second-order valence-electron chi connectivity index (χ2n) is 6.97. The Kier molecular flexibility index (Phi) is 4.42. The SMILES string of the molecule is CC(C1CC1)N1Cc2cc(Br)cc(S(=O)(=O)N3CCOCC3)c2C1=O. The van der Waals surface area contributed by atoms with Crippen molar-refractivity contribution in [1.29, 1.82) is 0 Å². The van der Waals surface area contributed by atoms with Crippen molar-refractivity contribution < 1.29 is 17.9 Å². The Morgan fingerprint density at radius 3 is 2.56 bits per heavy atom. The van der Waals surface area contributed by atoms with Gasteiger partial charge in [0.15, 0.2) is 0 Å². The van der Waals surface area contributed by atoms with Crippen LogP contribution in [-0.2, 0) is 21.3 Å². The van der Waals surface area contributed by atoms with Gasteiger partial charge in [-0.25, -0.2) is 8.42 Å². The first-order valence-corrected chi connectivity index (χ1v) is 10.8. The standard InChI is InChI=1S/C17H21BrN2O4S/c1-11(12-2-3-12)20-10-13-8-14(18)9-15(16(13)17(20)21)25(22,23)19-4-6-24-7-5-19/h8-9,11-12H,2-7,10H2,1H3. The zero-order valence-corrected chi connectivity index (χ0v) is 16.5. The number of fused-ring (bicyclic) bond motifs is 1. The molecule has 0 aromatic heterocycles. The number of rotatable bonds is 4. The van der Waals surface area contributed by atoms with Crippen LogP contribution < -0.4 is 0 Å². The van der Waals surface area contributed by atoms with E-state index in [0.29, 0.717) is 48.8 Å². The third-order valence-electron chi connectivity index (χ3n) is 5.35. The minimum atomic E-state index is -3.72. The van der Waals surface area contributed by atoms with Crippen molar-refractivity contribution in [3.63, 3.8) is 0 Å². The lowest BCUT2D eigenvalue weighted by Crippen LogP contribution is -2.41. The number of hydrogen-bond donors (Lipinski definition) is 0. The van der Waals surface area contributed by atoms with Gasteiger partial charge in [-0.15, -0.1) is 0 Å². The normalized spacial score (nSPS) is 23.0. The molecule has 136 valence electrons. The van der Waals surface area contributed by atoms with E-state index in [-0.39, 0.29) is 16.8 Å². The zero-order valence-electron chi connectivity index (χ0n) is 14.1. The first-order valence-electron chi connectivity index (χ1n) is 8.61. The van der Waals surface area contributed by atoms with Crippen LogP contribution in [0.4, 0.5) is 0 Å². The summed E-state index contributed by atoms with van der Waals surface area (Å²) in [6, 6.07) is 3.58. The first kappa shape index (κ1) is 17.5. The van der Waals surface area contributed by atoms with Crippen LogP contribution in [0.15, 0.2) is 21.5 Å². The van der Waals surface area contributed by atoms with Crippen LogP contribution in [0, 0.1) is 5.92 Å². The van der Waals surface area contributed by atoms with Gasteiger partial charge in [-0.1, -0.05) is 15.9 Å². The number of carbonyl (C=O) groups is 1. The summed E-state index contributed by atoms with van der Waals surface area (Å²) in [5.41, 5.74) is 1.14. The summed E-state index contributed by atoms with van der Waals surface area (Å²) in [7, 11) is -3.72. The van der Waals surface area contributed by atoms with E-state index in [1.165, 1.54) is 4.31 Å². The average Bonchev–Trinajstić information content (AvgIpc) is 3.39. The third kappa shape index (κ3) is 3.03. The second kappa shape index (κ2) is 6.33. The van der Waals surface area contributed by atoms with Gasteiger partial charge in [-0.05, 0) is 43.4 Å². The van der Waals surface area contributed by atoms with Crippen LogP contribution in [0.5, 0.6) is 0 Å². The lowest BCUT2D eigenvalue weighted by atomic mass is 10.1. The number of benzene rings is 1. The summed E-state index contributed by atoms with van der Waals surface area (Å²) in [4.78, 5) is 15.0. The number of nitrogens with zero attached hydrogens (tertiary/aromatic N) is 2. The maximum atomic E-state index is 13.1. The van der Waals surface area contributed by atoms with Gasteiger partial charge in [-0.2, -0.15) is 4.31 Å². The maximum Gasteiger partial charge on any atom is 0.256 e. The topological polar surface area (TPSA) is 66.9 Å². The van der Waals surface area contributed by atoms with Crippen LogP contribution >= 0.6 is 15.9 Å². The van der Waals surface area contributed by atoms with Gasteiger partial charge in [0.05, 0.1) is 23.7 Å². The van der Waals surface area contributed by atoms with Crippen molar-refractivity contribution in [2.45, 2.75) is 37.2 Å². The summed E-state index contributed by atoms with van der Waals surface area (Å²) < 4.78 is 33.7. The molecule has 1 aromatic carbocycles. The van der Waals surface area contributed by atoms with Crippen LogP contribution in [-0.4, -0.2) is 55.9 Å². The molecule has 2 fully saturated rings. The molecule has 3 aliphatic rings. The van der Waals surface area contributed by atoms with Crippen molar-refractivity contribution in [2.75, 3.05) is 26.3 Å². The molecule has 0 N–H and O–H groups in total. The molecule has 6 nitrogen and oxygen atoms in total. The number of sulfonamides is 1. The van der Waals surface area contributed by atoms with Crippen LogP contribution in [0.25, 0.3) is 0 Å². The summed E-state index contributed by atoms with van der Waals surface area (Å²) in [6.45, 7) is 3.95. The molecule has 2 heterocycles. The first-order chi connectivity index (χ1) is 11.9. The smallest absolute Gasteiger partial charge is 0.256 e.